The summed E-state index contributed by atoms with van der Waals surface area (Å²) in [7, 11) is 0. The van der Waals surface area contributed by atoms with Crippen LogP contribution in [0.2, 0.25) is 0 Å². The summed E-state index contributed by atoms with van der Waals surface area (Å²) in [6, 6.07) is 4.51. The number of hydrogen-bond acceptors (Lipinski definition) is 1. The van der Waals surface area contributed by atoms with Crippen LogP contribution in [0, 0.1) is 37.5 Å². The topological polar surface area (TPSA) is 28.7 Å². The second-order valence-corrected chi connectivity index (χ2v) is 8.06. The first-order valence-electron chi connectivity index (χ1n) is 8.64. The summed E-state index contributed by atoms with van der Waals surface area (Å²) in [5, 5.41) is 0. The van der Waals surface area contributed by atoms with E-state index in [4.69, 9.17) is 4.98 Å². The van der Waals surface area contributed by atoms with Gasteiger partial charge in [-0.15, -0.1) is 0 Å². The third-order valence-corrected chi connectivity index (χ3v) is 6.48. The minimum Gasteiger partial charge on any atom is -0.342 e. The van der Waals surface area contributed by atoms with Gasteiger partial charge in [-0.1, -0.05) is 6.07 Å². The normalized spacial score (nSPS) is 37.5. The zero-order valence-electron chi connectivity index (χ0n) is 13.0. The van der Waals surface area contributed by atoms with Crippen LogP contribution in [0.3, 0.4) is 0 Å². The number of imidazole rings is 1. The second-order valence-electron chi connectivity index (χ2n) is 8.06. The lowest BCUT2D eigenvalue weighted by Gasteiger charge is -2.53. The fraction of sp³-hybridized carbons (Fsp3) is 0.632. The molecule has 0 unspecified atom stereocenters. The van der Waals surface area contributed by atoms with Crippen LogP contribution in [0.5, 0.6) is 0 Å². The van der Waals surface area contributed by atoms with Crippen LogP contribution in [0.25, 0.3) is 11.0 Å². The second kappa shape index (κ2) is 4.12. The molecular formula is C19H24N2. The molecule has 4 saturated carbocycles. The maximum Gasteiger partial charge on any atom is 0.110 e. The first kappa shape index (κ1) is 12.3. The predicted octanol–water partition coefficient (Wildman–Crippen LogP) is 4.72. The lowest BCUT2D eigenvalue weighted by atomic mass is 9.52. The van der Waals surface area contributed by atoms with E-state index >= 15 is 0 Å². The highest BCUT2D eigenvalue weighted by atomic mass is 14.9. The highest BCUT2D eigenvalue weighted by molar-refractivity contribution is 5.79. The summed E-state index contributed by atoms with van der Waals surface area (Å²) in [6.45, 7) is 4.37. The Morgan fingerprint density at radius 2 is 1.62 bits per heavy atom. The number of hydrogen-bond donors (Lipinski definition) is 1. The van der Waals surface area contributed by atoms with Crippen molar-refractivity contribution >= 4 is 11.0 Å². The number of H-pyrrole nitrogens is 1. The van der Waals surface area contributed by atoms with Gasteiger partial charge in [0, 0.05) is 5.92 Å². The van der Waals surface area contributed by atoms with Gasteiger partial charge in [0.15, 0.2) is 0 Å². The highest BCUT2D eigenvalue weighted by Crippen LogP contribution is 2.59. The van der Waals surface area contributed by atoms with Gasteiger partial charge in [-0.3, -0.25) is 0 Å². The number of aromatic amines is 1. The Kier molecular flexibility index (Phi) is 2.40. The molecule has 0 aliphatic heterocycles. The van der Waals surface area contributed by atoms with Crippen LogP contribution in [-0.4, -0.2) is 9.97 Å². The van der Waals surface area contributed by atoms with Crippen LogP contribution in [0.1, 0.15) is 55.0 Å². The molecule has 0 atom stereocenters. The van der Waals surface area contributed by atoms with Crippen LogP contribution >= 0.6 is 0 Å². The largest absolute Gasteiger partial charge is 0.342 e. The molecule has 4 aliphatic rings. The minimum atomic E-state index is 0.713. The zero-order valence-corrected chi connectivity index (χ0v) is 13.0. The lowest BCUT2D eigenvalue weighted by molar-refractivity contribution is -0.00528. The number of aromatic nitrogens is 2. The summed E-state index contributed by atoms with van der Waals surface area (Å²) < 4.78 is 0. The molecule has 21 heavy (non-hydrogen) atoms. The van der Waals surface area contributed by atoms with Gasteiger partial charge in [0.25, 0.3) is 0 Å². The monoisotopic (exact) mass is 280 g/mol. The van der Waals surface area contributed by atoms with Gasteiger partial charge < -0.3 is 4.98 Å². The van der Waals surface area contributed by atoms with Crippen LogP contribution in [0.4, 0.5) is 0 Å². The Balaban J connectivity index is 1.60. The molecule has 6 rings (SSSR count). The van der Waals surface area contributed by atoms with E-state index < -0.39 is 0 Å². The standard InChI is InChI=1S/C19H24N2/c1-10-3-11(2)18-16(4-10)20-19(21-18)17-14-6-12-5-13(8-14)9-15(17)7-12/h3-4,12-15,17H,5-9H2,1-2H3,(H,20,21). The summed E-state index contributed by atoms with van der Waals surface area (Å²) in [6.07, 6.45) is 7.39. The van der Waals surface area contributed by atoms with E-state index in [9.17, 15) is 0 Å². The van der Waals surface area contributed by atoms with Crippen molar-refractivity contribution in [2.75, 3.05) is 0 Å². The third-order valence-electron chi connectivity index (χ3n) is 6.48. The molecule has 1 aromatic carbocycles. The molecule has 0 saturated heterocycles. The Labute approximate surface area is 126 Å². The van der Waals surface area contributed by atoms with E-state index in [-0.39, 0.29) is 0 Å². The van der Waals surface area contributed by atoms with Gasteiger partial charge in [-0.25, -0.2) is 4.98 Å². The van der Waals surface area contributed by atoms with Gasteiger partial charge in [0.1, 0.15) is 5.82 Å². The third kappa shape index (κ3) is 1.74. The van der Waals surface area contributed by atoms with Crippen molar-refractivity contribution in [3.05, 3.63) is 29.1 Å². The van der Waals surface area contributed by atoms with E-state index in [1.807, 2.05) is 0 Å². The number of rotatable bonds is 1. The lowest BCUT2D eigenvalue weighted by Crippen LogP contribution is -2.44. The van der Waals surface area contributed by atoms with Crippen molar-refractivity contribution in [1.82, 2.24) is 9.97 Å². The fourth-order valence-electron chi connectivity index (χ4n) is 6.02. The summed E-state index contributed by atoms with van der Waals surface area (Å²) >= 11 is 0. The van der Waals surface area contributed by atoms with Gasteiger partial charge >= 0.3 is 0 Å². The number of fused-ring (bicyclic) bond motifs is 1. The van der Waals surface area contributed by atoms with E-state index in [0.717, 1.165) is 23.7 Å². The predicted molar refractivity (Wildman–Crippen MR) is 85.4 cm³/mol. The molecule has 2 heteroatoms. The van der Waals surface area contributed by atoms with Gasteiger partial charge in [-0.2, -0.15) is 0 Å². The molecule has 110 valence electrons. The van der Waals surface area contributed by atoms with Crippen LogP contribution in [-0.2, 0) is 0 Å². The molecule has 4 bridgehead atoms. The van der Waals surface area contributed by atoms with Crippen molar-refractivity contribution in [1.29, 1.82) is 0 Å². The Morgan fingerprint density at radius 1 is 0.952 bits per heavy atom. The van der Waals surface area contributed by atoms with Crippen molar-refractivity contribution < 1.29 is 0 Å². The molecule has 0 radical (unpaired) electrons. The fourth-order valence-corrected chi connectivity index (χ4v) is 6.02. The molecule has 1 N–H and O–H groups in total. The first-order valence-corrected chi connectivity index (χ1v) is 8.64. The molecule has 2 nitrogen and oxygen atoms in total. The average molecular weight is 280 g/mol. The van der Waals surface area contributed by atoms with Crippen molar-refractivity contribution in [2.45, 2.75) is 51.9 Å². The van der Waals surface area contributed by atoms with Gasteiger partial charge in [0.05, 0.1) is 11.0 Å². The maximum absolute atomic E-state index is 5.04. The van der Waals surface area contributed by atoms with Crippen LogP contribution in [0.15, 0.2) is 12.1 Å². The van der Waals surface area contributed by atoms with E-state index in [2.05, 4.69) is 31.0 Å². The number of benzene rings is 1. The van der Waals surface area contributed by atoms with Crippen molar-refractivity contribution in [3.8, 4) is 0 Å². The number of nitrogens with one attached hydrogen (secondary N) is 1. The summed E-state index contributed by atoms with van der Waals surface area (Å²) in [5.74, 6) is 5.90. The van der Waals surface area contributed by atoms with E-state index in [0.29, 0.717) is 5.92 Å². The Hall–Kier alpha value is -1.31. The minimum absolute atomic E-state index is 0.713. The molecule has 1 aromatic heterocycles. The quantitative estimate of drug-likeness (QED) is 0.804. The summed E-state index contributed by atoms with van der Waals surface area (Å²) in [5.41, 5.74) is 5.09. The molecule has 4 aliphatic carbocycles. The van der Waals surface area contributed by atoms with Gasteiger partial charge in [-0.05, 0) is 86.8 Å². The SMILES string of the molecule is Cc1cc(C)c2nc(C3C4CC5CC(C4)CC3C5)[nH]c2c1. The molecular weight excluding hydrogens is 256 g/mol. The molecule has 0 spiro atoms. The molecule has 2 aromatic rings. The van der Waals surface area contributed by atoms with Crippen molar-refractivity contribution in [3.63, 3.8) is 0 Å². The van der Waals surface area contributed by atoms with E-state index in [1.54, 1.807) is 0 Å². The Bertz CT molecular complexity index is 684. The molecule has 1 heterocycles. The van der Waals surface area contributed by atoms with E-state index in [1.165, 1.54) is 60.1 Å². The van der Waals surface area contributed by atoms with Crippen LogP contribution < -0.4 is 0 Å². The van der Waals surface area contributed by atoms with Gasteiger partial charge in [0.2, 0.25) is 0 Å². The molecule has 4 fully saturated rings. The number of aryl methyl sites for hydroxylation is 2. The average Bonchev–Trinajstić information content (AvgIpc) is 2.81. The Morgan fingerprint density at radius 3 is 2.29 bits per heavy atom. The smallest absolute Gasteiger partial charge is 0.110 e. The zero-order chi connectivity index (χ0) is 14.1. The maximum atomic E-state index is 5.04. The van der Waals surface area contributed by atoms with Crippen molar-refractivity contribution in [2.24, 2.45) is 23.7 Å². The first-order chi connectivity index (χ1) is 10.2. The molecule has 0 amide bonds. The number of nitrogens with zero attached hydrogens (tertiary/aromatic N) is 1. The summed E-state index contributed by atoms with van der Waals surface area (Å²) in [4.78, 5) is 8.74. The highest BCUT2D eigenvalue weighted by Gasteiger charge is 2.49.